The summed E-state index contributed by atoms with van der Waals surface area (Å²) in [5.74, 6) is -0.933. The van der Waals surface area contributed by atoms with Gasteiger partial charge in [-0.2, -0.15) is 4.99 Å². The van der Waals surface area contributed by atoms with Gasteiger partial charge in [-0.3, -0.25) is 9.78 Å². The van der Waals surface area contributed by atoms with Gasteiger partial charge in [-0.15, -0.1) is 0 Å². The van der Waals surface area contributed by atoms with E-state index in [2.05, 4.69) is 9.98 Å². The Morgan fingerprint density at radius 3 is 2.62 bits per heavy atom. The van der Waals surface area contributed by atoms with E-state index < -0.39 is 11.7 Å². The largest absolute Gasteiger partial charge is 0.497 e. The van der Waals surface area contributed by atoms with Gasteiger partial charge in [0.2, 0.25) is 0 Å². The van der Waals surface area contributed by atoms with E-state index in [0.29, 0.717) is 32.8 Å². The molecule has 26 heavy (non-hydrogen) atoms. The molecule has 3 aromatic rings. The lowest BCUT2D eigenvalue weighted by Crippen LogP contribution is -2.24. The molecule has 0 saturated carbocycles. The summed E-state index contributed by atoms with van der Waals surface area (Å²) in [6.07, 6.45) is 1.11. The normalized spacial score (nSPS) is 10.6. The summed E-state index contributed by atoms with van der Waals surface area (Å²) in [4.78, 5) is 19.7. The summed E-state index contributed by atoms with van der Waals surface area (Å²) in [6.45, 7) is 0. The molecule has 0 aliphatic heterocycles. The van der Waals surface area contributed by atoms with Gasteiger partial charge in [0.25, 0.3) is 5.91 Å². The van der Waals surface area contributed by atoms with Crippen LogP contribution in [0.4, 0.5) is 4.39 Å². The first-order chi connectivity index (χ1) is 12.4. The second-order valence-electron chi connectivity index (χ2n) is 5.40. The van der Waals surface area contributed by atoms with E-state index in [1.165, 1.54) is 25.3 Å². The van der Waals surface area contributed by atoms with Crippen molar-refractivity contribution in [3.8, 4) is 17.0 Å². The minimum Gasteiger partial charge on any atom is -0.497 e. The van der Waals surface area contributed by atoms with Crippen molar-refractivity contribution in [3.63, 3.8) is 0 Å². The van der Waals surface area contributed by atoms with Crippen molar-refractivity contribution in [2.45, 2.75) is 0 Å². The van der Waals surface area contributed by atoms with Gasteiger partial charge in [-0.25, -0.2) is 4.39 Å². The maximum absolute atomic E-state index is 14.2. The lowest BCUT2D eigenvalue weighted by atomic mass is 10.0. The van der Waals surface area contributed by atoms with E-state index >= 15 is 0 Å². The van der Waals surface area contributed by atoms with Crippen molar-refractivity contribution in [2.24, 2.45) is 16.5 Å². The fraction of sp³-hybridized carbons (Fsp3) is 0.0556. The molecule has 132 valence electrons. The molecule has 0 fully saturated rings. The van der Waals surface area contributed by atoms with Crippen LogP contribution in [-0.4, -0.2) is 24.0 Å². The zero-order valence-corrected chi connectivity index (χ0v) is 14.4. The van der Waals surface area contributed by atoms with Gasteiger partial charge in [-0.05, 0) is 30.3 Å². The first kappa shape index (κ1) is 17.6. The van der Waals surface area contributed by atoms with Crippen molar-refractivity contribution in [1.29, 1.82) is 0 Å². The number of carbonyl (C=O) groups is 1. The average molecular weight is 373 g/mol. The molecule has 0 bridgehead atoms. The smallest absolute Gasteiger partial charge is 0.280 e. The van der Waals surface area contributed by atoms with Crippen LogP contribution < -0.4 is 16.2 Å². The van der Waals surface area contributed by atoms with Crippen molar-refractivity contribution < 1.29 is 13.9 Å². The van der Waals surface area contributed by atoms with Gasteiger partial charge < -0.3 is 16.2 Å². The molecule has 3 rings (SSSR count). The number of fused-ring (bicyclic) bond motifs is 1. The van der Waals surface area contributed by atoms with Crippen LogP contribution in [0.15, 0.2) is 47.6 Å². The zero-order chi connectivity index (χ0) is 18.8. The third-order valence-corrected chi connectivity index (χ3v) is 4.06. The SMILES string of the molecule is COc1ccc(-c2ncc(F)c3ccc(C(=O)N=C(N)N)cc23)c(Cl)c1. The zero-order valence-electron chi connectivity index (χ0n) is 13.7. The summed E-state index contributed by atoms with van der Waals surface area (Å²) in [5.41, 5.74) is 11.7. The number of methoxy groups -OCH3 is 1. The molecule has 1 heterocycles. The Morgan fingerprint density at radius 2 is 1.96 bits per heavy atom. The number of nitrogens with zero attached hydrogens (tertiary/aromatic N) is 2. The van der Waals surface area contributed by atoms with Crippen LogP contribution in [0.5, 0.6) is 5.75 Å². The lowest BCUT2D eigenvalue weighted by molar-refractivity contribution is 0.100. The Bertz CT molecular complexity index is 1050. The highest BCUT2D eigenvalue weighted by Gasteiger charge is 2.15. The summed E-state index contributed by atoms with van der Waals surface area (Å²) in [7, 11) is 1.53. The number of pyridine rings is 1. The van der Waals surface area contributed by atoms with Gasteiger partial charge in [0, 0.05) is 21.9 Å². The highest BCUT2D eigenvalue weighted by molar-refractivity contribution is 6.33. The van der Waals surface area contributed by atoms with E-state index in [9.17, 15) is 9.18 Å². The highest BCUT2D eigenvalue weighted by atomic mass is 35.5. The molecular weight excluding hydrogens is 359 g/mol. The summed E-state index contributed by atoms with van der Waals surface area (Å²) in [6, 6.07) is 9.46. The molecule has 0 atom stereocenters. The number of hydrogen-bond acceptors (Lipinski definition) is 3. The van der Waals surface area contributed by atoms with Crippen LogP contribution in [0.25, 0.3) is 22.0 Å². The third-order valence-electron chi connectivity index (χ3n) is 3.75. The molecule has 2 aromatic carbocycles. The fourth-order valence-corrected chi connectivity index (χ4v) is 2.81. The molecule has 0 aliphatic carbocycles. The van der Waals surface area contributed by atoms with E-state index in [-0.39, 0.29) is 11.5 Å². The molecule has 0 unspecified atom stereocenters. The van der Waals surface area contributed by atoms with Crippen LogP contribution in [-0.2, 0) is 0 Å². The number of hydrogen-bond donors (Lipinski definition) is 2. The molecule has 0 spiro atoms. The van der Waals surface area contributed by atoms with Gasteiger partial charge in [-0.1, -0.05) is 17.7 Å². The first-order valence-electron chi connectivity index (χ1n) is 7.47. The first-order valence-corrected chi connectivity index (χ1v) is 7.84. The highest BCUT2D eigenvalue weighted by Crippen LogP contribution is 2.35. The minimum atomic E-state index is -0.636. The minimum absolute atomic E-state index is 0.198. The number of aromatic nitrogens is 1. The number of aliphatic imine (C=N–C) groups is 1. The second kappa shape index (κ2) is 6.97. The molecule has 0 aliphatic rings. The molecule has 8 heteroatoms. The van der Waals surface area contributed by atoms with E-state index in [1.54, 1.807) is 18.2 Å². The van der Waals surface area contributed by atoms with E-state index in [1.807, 2.05) is 0 Å². The summed E-state index contributed by atoms with van der Waals surface area (Å²) >= 11 is 6.32. The number of guanidine groups is 1. The van der Waals surface area contributed by atoms with Crippen LogP contribution in [0.1, 0.15) is 10.4 Å². The maximum Gasteiger partial charge on any atom is 0.280 e. The molecule has 1 aromatic heterocycles. The summed E-state index contributed by atoms with van der Waals surface area (Å²) < 4.78 is 19.3. The number of ether oxygens (including phenoxy) is 1. The maximum atomic E-state index is 14.2. The molecule has 6 nitrogen and oxygen atoms in total. The number of amides is 1. The molecule has 1 amide bonds. The van der Waals surface area contributed by atoms with Crippen molar-refractivity contribution in [3.05, 3.63) is 59.0 Å². The van der Waals surface area contributed by atoms with Crippen LogP contribution in [0.2, 0.25) is 5.02 Å². The number of halogens is 2. The standard InChI is InChI=1S/C18H14ClFN4O2/c1-26-10-3-5-12(14(19)7-10)16-13-6-9(17(25)24-18(21)22)2-4-11(13)15(20)8-23-16/h2-8H,1H3,(H4,21,22,24,25). The Kier molecular flexibility index (Phi) is 4.73. The quantitative estimate of drug-likeness (QED) is 0.543. The molecule has 0 saturated heterocycles. The number of benzene rings is 2. The topological polar surface area (TPSA) is 104 Å². The number of nitrogens with two attached hydrogens (primary N) is 2. The summed E-state index contributed by atoms with van der Waals surface area (Å²) in [5, 5.41) is 1.09. The van der Waals surface area contributed by atoms with Gasteiger partial charge in [0.05, 0.1) is 24.0 Å². The van der Waals surface area contributed by atoms with Crippen LogP contribution in [0.3, 0.4) is 0 Å². The average Bonchev–Trinajstić information content (AvgIpc) is 2.61. The Balaban J connectivity index is 2.24. The van der Waals surface area contributed by atoms with Gasteiger partial charge in [0.1, 0.15) is 11.6 Å². The Labute approximate surface area is 153 Å². The van der Waals surface area contributed by atoms with Crippen LogP contribution in [0, 0.1) is 5.82 Å². The van der Waals surface area contributed by atoms with Crippen molar-refractivity contribution in [2.75, 3.05) is 7.11 Å². The third kappa shape index (κ3) is 3.29. The number of carbonyl (C=O) groups excluding carboxylic acids is 1. The van der Waals surface area contributed by atoms with Gasteiger partial charge in [0.15, 0.2) is 5.96 Å². The molecular formula is C18H14ClFN4O2. The Hall–Kier alpha value is -3.19. The van der Waals surface area contributed by atoms with Gasteiger partial charge >= 0.3 is 0 Å². The lowest BCUT2D eigenvalue weighted by Gasteiger charge is -2.10. The van der Waals surface area contributed by atoms with Crippen molar-refractivity contribution >= 4 is 34.2 Å². The fourth-order valence-electron chi connectivity index (χ4n) is 2.55. The molecule has 4 N–H and O–H groups in total. The number of rotatable bonds is 3. The molecule has 0 radical (unpaired) electrons. The monoisotopic (exact) mass is 372 g/mol. The van der Waals surface area contributed by atoms with E-state index in [0.717, 1.165) is 6.20 Å². The predicted octanol–water partition coefficient (Wildman–Crippen LogP) is 3.12. The van der Waals surface area contributed by atoms with Crippen molar-refractivity contribution in [1.82, 2.24) is 4.98 Å². The van der Waals surface area contributed by atoms with E-state index in [4.69, 9.17) is 27.8 Å². The predicted molar refractivity (Wildman–Crippen MR) is 98.8 cm³/mol. The van der Waals surface area contributed by atoms with Crippen LogP contribution >= 0.6 is 11.6 Å². The Morgan fingerprint density at radius 1 is 1.19 bits per heavy atom. The second-order valence-corrected chi connectivity index (χ2v) is 5.81.